The molecule has 1 aromatic carbocycles. The van der Waals surface area contributed by atoms with Gasteiger partial charge in [0.05, 0.1) is 16.7 Å². The van der Waals surface area contributed by atoms with E-state index in [1.54, 1.807) is 22.0 Å². The van der Waals surface area contributed by atoms with Crippen LogP contribution in [0.2, 0.25) is 0 Å². The summed E-state index contributed by atoms with van der Waals surface area (Å²) in [5, 5.41) is 3.33. The standard InChI is InChI=1S/C22H26N4O2S2/c1-16(2)26-21(28)18-7-3-4-8-19(18)23-22(26)30-15-20(27)25-11-9-24(10-12-25)14-17-6-5-13-29-17/h3-8,13,16H,9-12,14-15H2,1-2H3. The van der Waals surface area contributed by atoms with E-state index in [1.165, 1.54) is 16.6 Å². The van der Waals surface area contributed by atoms with Gasteiger partial charge in [-0.1, -0.05) is 30.0 Å². The van der Waals surface area contributed by atoms with Crippen molar-refractivity contribution in [2.45, 2.75) is 31.6 Å². The number of thiophene rings is 1. The minimum atomic E-state index is -0.0484. The normalized spacial score (nSPS) is 15.2. The number of aromatic nitrogens is 2. The molecule has 0 spiro atoms. The van der Waals surface area contributed by atoms with Crippen molar-refractivity contribution >= 4 is 39.9 Å². The highest BCUT2D eigenvalue weighted by molar-refractivity contribution is 7.99. The highest BCUT2D eigenvalue weighted by Crippen LogP contribution is 2.22. The molecule has 1 aliphatic heterocycles. The van der Waals surface area contributed by atoms with Gasteiger partial charge in [-0.25, -0.2) is 4.98 Å². The Labute approximate surface area is 184 Å². The average molecular weight is 443 g/mol. The summed E-state index contributed by atoms with van der Waals surface area (Å²) >= 11 is 3.13. The summed E-state index contributed by atoms with van der Waals surface area (Å²) in [5.41, 5.74) is 0.629. The summed E-state index contributed by atoms with van der Waals surface area (Å²) in [4.78, 5) is 36.1. The third kappa shape index (κ3) is 4.61. The van der Waals surface area contributed by atoms with E-state index in [4.69, 9.17) is 0 Å². The lowest BCUT2D eigenvalue weighted by atomic mass is 10.2. The Morgan fingerprint density at radius 1 is 1.13 bits per heavy atom. The molecule has 8 heteroatoms. The molecule has 0 aliphatic carbocycles. The Morgan fingerprint density at radius 3 is 2.60 bits per heavy atom. The Hall–Kier alpha value is -2.16. The minimum Gasteiger partial charge on any atom is -0.339 e. The first-order valence-electron chi connectivity index (χ1n) is 10.2. The molecule has 6 nitrogen and oxygen atoms in total. The van der Waals surface area contributed by atoms with E-state index in [0.29, 0.717) is 21.8 Å². The molecule has 3 aromatic rings. The molecule has 1 saturated heterocycles. The zero-order valence-electron chi connectivity index (χ0n) is 17.3. The van der Waals surface area contributed by atoms with Gasteiger partial charge < -0.3 is 4.90 Å². The molecule has 158 valence electrons. The number of rotatable bonds is 6. The Morgan fingerprint density at radius 2 is 1.90 bits per heavy atom. The van der Waals surface area contributed by atoms with E-state index in [0.717, 1.165) is 32.7 Å². The smallest absolute Gasteiger partial charge is 0.262 e. The van der Waals surface area contributed by atoms with E-state index in [9.17, 15) is 9.59 Å². The van der Waals surface area contributed by atoms with Crippen molar-refractivity contribution in [3.05, 3.63) is 57.0 Å². The maximum atomic E-state index is 12.9. The molecule has 0 N–H and O–H groups in total. The van der Waals surface area contributed by atoms with Crippen LogP contribution in [0.1, 0.15) is 24.8 Å². The second kappa shape index (κ2) is 9.32. The van der Waals surface area contributed by atoms with Crippen LogP contribution in [0.5, 0.6) is 0 Å². The number of fused-ring (bicyclic) bond motifs is 1. The number of carbonyl (C=O) groups excluding carboxylic acids is 1. The SMILES string of the molecule is CC(C)n1c(SCC(=O)N2CCN(Cc3cccs3)CC2)nc2ccccc2c1=O. The van der Waals surface area contributed by atoms with Gasteiger partial charge in [0.1, 0.15) is 0 Å². The first-order chi connectivity index (χ1) is 14.5. The fourth-order valence-electron chi connectivity index (χ4n) is 3.68. The monoisotopic (exact) mass is 442 g/mol. The molecule has 0 unspecified atom stereocenters. The molecule has 0 atom stereocenters. The minimum absolute atomic E-state index is 0.0204. The predicted molar refractivity (Wildman–Crippen MR) is 123 cm³/mol. The van der Waals surface area contributed by atoms with Gasteiger partial charge in [0, 0.05) is 43.6 Å². The van der Waals surface area contributed by atoms with Gasteiger partial charge in [-0.2, -0.15) is 0 Å². The molecule has 1 amide bonds. The maximum absolute atomic E-state index is 12.9. The summed E-state index contributed by atoms with van der Waals surface area (Å²) in [5.74, 6) is 0.399. The number of benzene rings is 1. The summed E-state index contributed by atoms with van der Waals surface area (Å²) in [6.07, 6.45) is 0. The van der Waals surface area contributed by atoms with Crippen LogP contribution in [0, 0.1) is 0 Å². The predicted octanol–water partition coefficient (Wildman–Crippen LogP) is 3.48. The second-order valence-corrected chi connectivity index (χ2v) is 9.68. The molecule has 0 radical (unpaired) electrons. The van der Waals surface area contributed by atoms with Crippen LogP contribution in [0.15, 0.2) is 51.7 Å². The van der Waals surface area contributed by atoms with Crippen LogP contribution in [0.25, 0.3) is 10.9 Å². The van der Waals surface area contributed by atoms with E-state index in [-0.39, 0.29) is 17.5 Å². The average Bonchev–Trinajstić information content (AvgIpc) is 3.25. The van der Waals surface area contributed by atoms with Crippen LogP contribution >= 0.6 is 23.1 Å². The van der Waals surface area contributed by atoms with Gasteiger partial charge in [0.15, 0.2) is 5.16 Å². The molecule has 4 rings (SSSR count). The highest BCUT2D eigenvalue weighted by Gasteiger charge is 2.22. The van der Waals surface area contributed by atoms with Crippen molar-refractivity contribution in [1.82, 2.24) is 19.4 Å². The summed E-state index contributed by atoms with van der Waals surface area (Å²) in [7, 11) is 0. The van der Waals surface area contributed by atoms with Gasteiger partial charge in [-0.3, -0.25) is 19.1 Å². The number of para-hydroxylation sites is 1. The van der Waals surface area contributed by atoms with Crippen LogP contribution in [0.4, 0.5) is 0 Å². The van der Waals surface area contributed by atoms with E-state index < -0.39 is 0 Å². The molecule has 0 saturated carbocycles. The van der Waals surface area contributed by atoms with Gasteiger partial charge >= 0.3 is 0 Å². The maximum Gasteiger partial charge on any atom is 0.262 e. The zero-order chi connectivity index (χ0) is 21.1. The fourth-order valence-corrected chi connectivity index (χ4v) is 5.46. The van der Waals surface area contributed by atoms with E-state index >= 15 is 0 Å². The van der Waals surface area contributed by atoms with Crippen molar-refractivity contribution < 1.29 is 4.79 Å². The second-order valence-electron chi connectivity index (χ2n) is 7.71. The number of piperazine rings is 1. The van der Waals surface area contributed by atoms with Gasteiger partial charge in [-0.15, -0.1) is 11.3 Å². The molecule has 1 fully saturated rings. The van der Waals surface area contributed by atoms with Crippen LogP contribution < -0.4 is 5.56 Å². The molecular formula is C22H26N4O2S2. The van der Waals surface area contributed by atoms with Crippen LogP contribution in [0.3, 0.4) is 0 Å². The summed E-state index contributed by atoms with van der Waals surface area (Å²) < 4.78 is 1.69. The lowest BCUT2D eigenvalue weighted by Gasteiger charge is -2.34. The van der Waals surface area contributed by atoms with Crippen molar-refractivity contribution in [1.29, 1.82) is 0 Å². The van der Waals surface area contributed by atoms with Crippen LogP contribution in [-0.2, 0) is 11.3 Å². The third-order valence-electron chi connectivity index (χ3n) is 5.30. The number of carbonyl (C=O) groups is 1. The Balaban J connectivity index is 1.40. The van der Waals surface area contributed by atoms with Gasteiger partial charge in [0.2, 0.25) is 5.91 Å². The molecular weight excluding hydrogens is 416 g/mol. The van der Waals surface area contributed by atoms with Gasteiger partial charge in [-0.05, 0) is 37.4 Å². The van der Waals surface area contributed by atoms with Crippen molar-refractivity contribution in [2.75, 3.05) is 31.9 Å². The zero-order valence-corrected chi connectivity index (χ0v) is 18.9. The van der Waals surface area contributed by atoms with Crippen LogP contribution in [-0.4, -0.2) is 57.2 Å². The first kappa shape index (κ1) is 21.1. The molecule has 1 aliphatic rings. The Bertz CT molecular complexity index is 1070. The number of thioether (sulfide) groups is 1. The number of amides is 1. The fraction of sp³-hybridized carbons (Fsp3) is 0.409. The quantitative estimate of drug-likeness (QED) is 0.432. The largest absolute Gasteiger partial charge is 0.339 e. The van der Waals surface area contributed by atoms with Crippen molar-refractivity contribution in [3.63, 3.8) is 0 Å². The first-order valence-corrected chi connectivity index (χ1v) is 12.1. The number of hydrogen-bond acceptors (Lipinski definition) is 6. The lowest BCUT2D eigenvalue weighted by Crippen LogP contribution is -2.48. The third-order valence-corrected chi connectivity index (χ3v) is 7.10. The topological polar surface area (TPSA) is 58.4 Å². The van der Waals surface area contributed by atoms with E-state index in [2.05, 4.69) is 27.4 Å². The molecule has 2 aromatic heterocycles. The van der Waals surface area contributed by atoms with Gasteiger partial charge in [0.25, 0.3) is 5.56 Å². The molecule has 0 bridgehead atoms. The summed E-state index contributed by atoms with van der Waals surface area (Å²) in [6, 6.07) is 11.6. The lowest BCUT2D eigenvalue weighted by molar-refractivity contribution is -0.130. The molecule has 3 heterocycles. The van der Waals surface area contributed by atoms with E-state index in [1.807, 2.05) is 36.9 Å². The summed E-state index contributed by atoms with van der Waals surface area (Å²) in [6.45, 7) is 8.15. The number of nitrogens with zero attached hydrogens (tertiary/aromatic N) is 4. The highest BCUT2D eigenvalue weighted by atomic mass is 32.2. The Kier molecular flexibility index (Phi) is 6.55. The van der Waals surface area contributed by atoms with Crippen molar-refractivity contribution in [2.24, 2.45) is 0 Å². The molecule has 30 heavy (non-hydrogen) atoms. The number of hydrogen-bond donors (Lipinski definition) is 0. The van der Waals surface area contributed by atoms with Crippen molar-refractivity contribution in [3.8, 4) is 0 Å².